The SMILES string of the molecule is Cc1cnc(C(=O)Cc2ccc(F)c([C@]34COCCC3S(=O)(=O)N(C)C(N)=N4)c2)cn1. The molecular formula is C20H22FN5O4S. The fourth-order valence-electron chi connectivity index (χ4n) is 3.98. The number of guanidine groups is 1. The third-order valence-electron chi connectivity index (χ3n) is 5.69. The Kier molecular flexibility index (Phi) is 5.26. The van der Waals surface area contributed by atoms with E-state index in [-0.39, 0.29) is 49.1 Å². The molecule has 2 aliphatic heterocycles. The molecule has 1 fully saturated rings. The third-order valence-corrected chi connectivity index (χ3v) is 7.98. The van der Waals surface area contributed by atoms with Gasteiger partial charge in [0.2, 0.25) is 16.0 Å². The van der Waals surface area contributed by atoms with Crippen LogP contribution in [-0.2, 0) is 26.7 Å². The maximum absolute atomic E-state index is 15.0. The van der Waals surface area contributed by atoms with Gasteiger partial charge in [-0.2, -0.15) is 0 Å². The Morgan fingerprint density at radius 1 is 1.35 bits per heavy atom. The summed E-state index contributed by atoms with van der Waals surface area (Å²) in [5.41, 5.74) is 5.77. The molecule has 4 rings (SSSR count). The molecule has 31 heavy (non-hydrogen) atoms. The lowest BCUT2D eigenvalue weighted by Gasteiger charge is -2.45. The number of carbonyl (C=O) groups excluding carboxylic acids is 1. The molecule has 1 saturated heterocycles. The first kappa shape index (κ1) is 21.3. The highest BCUT2D eigenvalue weighted by Gasteiger charge is 2.56. The maximum atomic E-state index is 15.0. The number of ether oxygens (including phenoxy) is 1. The van der Waals surface area contributed by atoms with E-state index in [9.17, 15) is 13.2 Å². The van der Waals surface area contributed by atoms with Crippen LogP contribution >= 0.6 is 0 Å². The molecule has 0 aliphatic carbocycles. The molecule has 0 saturated carbocycles. The van der Waals surface area contributed by atoms with Crippen LogP contribution in [-0.4, -0.2) is 59.9 Å². The fraction of sp³-hybridized carbons (Fsp3) is 0.400. The molecule has 164 valence electrons. The van der Waals surface area contributed by atoms with Crippen molar-refractivity contribution in [3.63, 3.8) is 0 Å². The van der Waals surface area contributed by atoms with E-state index >= 15 is 4.39 Å². The molecule has 2 N–H and O–H groups in total. The Labute approximate surface area is 179 Å². The number of carbonyl (C=O) groups is 1. The van der Waals surface area contributed by atoms with E-state index in [2.05, 4.69) is 15.0 Å². The topological polar surface area (TPSA) is 128 Å². The molecule has 1 unspecified atom stereocenters. The molecule has 1 aromatic carbocycles. The van der Waals surface area contributed by atoms with Gasteiger partial charge in [0.25, 0.3) is 0 Å². The van der Waals surface area contributed by atoms with E-state index in [1.165, 1.54) is 37.6 Å². The molecule has 0 bridgehead atoms. The number of halogens is 1. The van der Waals surface area contributed by atoms with Crippen molar-refractivity contribution in [2.24, 2.45) is 10.7 Å². The van der Waals surface area contributed by atoms with Gasteiger partial charge in [-0.3, -0.25) is 9.78 Å². The molecule has 11 heteroatoms. The van der Waals surface area contributed by atoms with Gasteiger partial charge in [0.1, 0.15) is 22.3 Å². The van der Waals surface area contributed by atoms with Gasteiger partial charge in [-0.1, -0.05) is 6.07 Å². The number of ketones is 1. The normalized spacial score (nSPS) is 24.9. The zero-order chi connectivity index (χ0) is 22.4. The molecule has 3 heterocycles. The van der Waals surface area contributed by atoms with Crippen LogP contribution in [0.3, 0.4) is 0 Å². The highest BCUT2D eigenvalue weighted by molar-refractivity contribution is 7.90. The van der Waals surface area contributed by atoms with Crippen molar-refractivity contribution in [3.05, 3.63) is 58.9 Å². The molecule has 2 aromatic rings. The number of fused-ring (bicyclic) bond motifs is 1. The Morgan fingerprint density at radius 2 is 2.13 bits per heavy atom. The minimum absolute atomic E-state index is 0.0390. The van der Waals surface area contributed by atoms with Crippen LogP contribution in [0, 0.1) is 12.7 Å². The van der Waals surface area contributed by atoms with Gasteiger partial charge in [-0.25, -0.2) is 27.1 Å². The van der Waals surface area contributed by atoms with Crippen LogP contribution in [0.4, 0.5) is 4.39 Å². The van der Waals surface area contributed by atoms with Gasteiger partial charge in [0.05, 0.1) is 18.5 Å². The van der Waals surface area contributed by atoms with E-state index in [4.69, 9.17) is 10.5 Å². The number of nitrogens with two attached hydrogens (primary N) is 1. The minimum Gasteiger partial charge on any atom is -0.378 e. The summed E-state index contributed by atoms with van der Waals surface area (Å²) in [6.07, 6.45) is 2.97. The predicted molar refractivity (Wildman–Crippen MR) is 110 cm³/mol. The zero-order valence-corrected chi connectivity index (χ0v) is 17.9. The molecule has 2 atom stereocenters. The summed E-state index contributed by atoms with van der Waals surface area (Å²) < 4.78 is 47.6. The number of hydrogen-bond acceptors (Lipinski definition) is 8. The van der Waals surface area contributed by atoms with Crippen molar-refractivity contribution in [1.29, 1.82) is 0 Å². The van der Waals surface area contributed by atoms with Crippen LogP contribution in [0.5, 0.6) is 0 Å². The third kappa shape index (κ3) is 3.57. The van der Waals surface area contributed by atoms with Gasteiger partial charge in [-0.15, -0.1) is 0 Å². The molecular weight excluding hydrogens is 425 g/mol. The van der Waals surface area contributed by atoms with Crippen molar-refractivity contribution >= 4 is 21.8 Å². The lowest BCUT2D eigenvalue weighted by atomic mass is 9.83. The summed E-state index contributed by atoms with van der Waals surface area (Å²) in [4.78, 5) is 25.2. The van der Waals surface area contributed by atoms with Gasteiger partial charge < -0.3 is 10.5 Å². The van der Waals surface area contributed by atoms with Crippen molar-refractivity contribution < 1.29 is 22.3 Å². The van der Waals surface area contributed by atoms with E-state index < -0.39 is 26.6 Å². The molecule has 9 nitrogen and oxygen atoms in total. The molecule has 0 spiro atoms. The van der Waals surface area contributed by atoms with Gasteiger partial charge >= 0.3 is 0 Å². The summed E-state index contributed by atoms with van der Waals surface area (Å²) in [6, 6.07) is 4.15. The van der Waals surface area contributed by atoms with Crippen LogP contribution in [0.15, 0.2) is 35.6 Å². The van der Waals surface area contributed by atoms with Crippen molar-refractivity contribution in [2.75, 3.05) is 20.3 Å². The molecule has 2 aliphatic rings. The van der Waals surface area contributed by atoms with Crippen molar-refractivity contribution in [3.8, 4) is 0 Å². The monoisotopic (exact) mass is 447 g/mol. The first-order valence-electron chi connectivity index (χ1n) is 9.67. The van der Waals surface area contributed by atoms with E-state index in [0.717, 1.165) is 4.31 Å². The lowest BCUT2D eigenvalue weighted by molar-refractivity contribution is 0.0360. The van der Waals surface area contributed by atoms with E-state index in [1.807, 2.05) is 0 Å². The highest BCUT2D eigenvalue weighted by Crippen LogP contribution is 2.43. The number of aromatic nitrogens is 2. The number of aryl methyl sites for hydroxylation is 1. The van der Waals surface area contributed by atoms with Crippen molar-refractivity contribution in [2.45, 2.75) is 30.6 Å². The van der Waals surface area contributed by atoms with Crippen LogP contribution in [0.25, 0.3) is 0 Å². The second-order valence-electron chi connectivity index (χ2n) is 7.69. The maximum Gasteiger partial charge on any atom is 0.242 e. The van der Waals surface area contributed by atoms with Crippen LogP contribution in [0.1, 0.15) is 33.7 Å². The zero-order valence-electron chi connectivity index (χ0n) is 17.1. The van der Waals surface area contributed by atoms with Gasteiger partial charge in [-0.05, 0) is 31.0 Å². The number of sulfonamides is 1. The number of hydrogen-bond donors (Lipinski definition) is 1. The first-order chi connectivity index (χ1) is 14.6. The molecule has 0 radical (unpaired) electrons. The van der Waals surface area contributed by atoms with E-state index in [1.54, 1.807) is 6.92 Å². The Bertz CT molecular complexity index is 1170. The quantitative estimate of drug-likeness (QED) is 0.691. The largest absolute Gasteiger partial charge is 0.378 e. The van der Waals surface area contributed by atoms with E-state index in [0.29, 0.717) is 11.3 Å². The predicted octanol–water partition coefficient (Wildman–Crippen LogP) is 0.924. The number of Topliss-reactive ketones (excluding diaryl/α,β-unsaturated/α-hetero) is 1. The second-order valence-corrected chi connectivity index (χ2v) is 9.84. The highest BCUT2D eigenvalue weighted by atomic mass is 32.2. The first-order valence-corrected chi connectivity index (χ1v) is 11.2. The van der Waals surface area contributed by atoms with Gasteiger partial charge in [0, 0.05) is 31.8 Å². The summed E-state index contributed by atoms with van der Waals surface area (Å²) in [5.74, 6) is -1.17. The average molecular weight is 447 g/mol. The second kappa shape index (κ2) is 7.65. The Hall–Kier alpha value is -2.92. The van der Waals surface area contributed by atoms with Crippen LogP contribution in [0.2, 0.25) is 0 Å². The number of rotatable bonds is 4. The summed E-state index contributed by atoms with van der Waals surface area (Å²) >= 11 is 0. The van der Waals surface area contributed by atoms with Crippen LogP contribution < -0.4 is 5.73 Å². The molecule has 1 aromatic heterocycles. The number of nitrogens with zero attached hydrogens (tertiary/aromatic N) is 4. The summed E-state index contributed by atoms with van der Waals surface area (Å²) in [7, 11) is -2.55. The molecule has 0 amide bonds. The summed E-state index contributed by atoms with van der Waals surface area (Å²) in [6.45, 7) is 1.83. The smallest absolute Gasteiger partial charge is 0.242 e. The average Bonchev–Trinajstić information content (AvgIpc) is 2.74. The minimum atomic E-state index is -3.87. The Morgan fingerprint density at radius 3 is 2.84 bits per heavy atom. The van der Waals surface area contributed by atoms with Crippen molar-refractivity contribution in [1.82, 2.24) is 14.3 Å². The standard InChI is InChI=1S/C20H22FN5O4S/c1-12-9-24-16(10-23-12)17(27)8-13-3-4-15(21)14(7-13)20-11-30-6-5-18(20)31(28,29)26(2)19(22)25-20/h3-4,7,9-10,18H,5-6,8,11H2,1-2H3,(H2,22,25)/t18?,20-/m1/s1. The van der Waals surface area contributed by atoms with Gasteiger partial charge in [0.15, 0.2) is 5.78 Å². The lowest BCUT2D eigenvalue weighted by Crippen LogP contribution is -2.61. The fourth-order valence-corrected chi connectivity index (χ4v) is 5.80. The number of benzene rings is 1. The Balaban J connectivity index is 1.77. The number of aliphatic imine (C=N–C) groups is 1. The summed E-state index contributed by atoms with van der Waals surface area (Å²) in [5, 5.41) is -1.03.